The minimum Gasteiger partial charge on any atom is -0.283 e. The molecule has 1 aliphatic carbocycles. The molecule has 0 N–H and O–H groups in total. The highest BCUT2D eigenvalue weighted by molar-refractivity contribution is 7.99. The Hall–Kier alpha value is -1.85. The molecule has 0 aliphatic heterocycles. The van der Waals surface area contributed by atoms with Gasteiger partial charge >= 0.3 is 0 Å². The fourth-order valence-corrected chi connectivity index (χ4v) is 5.55. The van der Waals surface area contributed by atoms with Crippen LogP contribution in [0.3, 0.4) is 0 Å². The van der Waals surface area contributed by atoms with Crippen LogP contribution in [0.4, 0.5) is 0 Å². The first kappa shape index (κ1) is 17.6. The Bertz CT molecular complexity index is 1000. The molecule has 2 heterocycles. The average Bonchev–Trinajstić information content (AvgIpc) is 3.01. The zero-order valence-corrected chi connectivity index (χ0v) is 16.5. The Balaban J connectivity index is 1.89. The predicted molar refractivity (Wildman–Crippen MR) is 112 cm³/mol. The van der Waals surface area contributed by atoms with Gasteiger partial charge in [-0.15, -0.1) is 17.9 Å². The zero-order chi connectivity index (χ0) is 18.1. The summed E-state index contributed by atoms with van der Waals surface area (Å²) in [5, 5.41) is 1.65. The van der Waals surface area contributed by atoms with Gasteiger partial charge in [-0.25, -0.2) is 4.98 Å². The third-order valence-electron chi connectivity index (χ3n) is 4.89. The summed E-state index contributed by atoms with van der Waals surface area (Å²) in [5.41, 5.74) is 2.48. The van der Waals surface area contributed by atoms with E-state index >= 15 is 0 Å². The fourth-order valence-electron chi connectivity index (χ4n) is 3.56. The average molecular weight is 383 g/mol. The topological polar surface area (TPSA) is 34.9 Å². The summed E-state index contributed by atoms with van der Waals surface area (Å²) < 4.78 is 1.85. The summed E-state index contributed by atoms with van der Waals surface area (Å²) in [6.45, 7) is 6.63. The van der Waals surface area contributed by atoms with Crippen LogP contribution in [0, 0.1) is 5.92 Å². The Labute approximate surface area is 161 Å². The molecule has 5 heteroatoms. The van der Waals surface area contributed by atoms with Gasteiger partial charge in [0.1, 0.15) is 4.83 Å². The molecule has 1 aromatic carbocycles. The summed E-state index contributed by atoms with van der Waals surface area (Å²) in [7, 11) is 0. The zero-order valence-electron chi connectivity index (χ0n) is 14.9. The number of hydrogen-bond donors (Lipinski definition) is 0. The first-order chi connectivity index (χ1) is 12.7. The summed E-state index contributed by atoms with van der Waals surface area (Å²) in [6.07, 6.45) is 5.13. The van der Waals surface area contributed by atoms with Gasteiger partial charge in [0, 0.05) is 10.6 Å². The number of aromatic nitrogens is 2. The van der Waals surface area contributed by atoms with E-state index in [0.29, 0.717) is 12.5 Å². The molecule has 2 aromatic heterocycles. The first-order valence-electron chi connectivity index (χ1n) is 9.00. The van der Waals surface area contributed by atoms with Crippen LogP contribution in [0.25, 0.3) is 10.2 Å². The molecule has 3 aromatic rings. The molecule has 0 spiro atoms. The Morgan fingerprint density at radius 3 is 2.96 bits per heavy atom. The number of thioether (sulfide) groups is 1. The minimum atomic E-state index is 0.108. The molecule has 0 saturated heterocycles. The first-order valence-corrected chi connectivity index (χ1v) is 10.8. The van der Waals surface area contributed by atoms with Crippen LogP contribution in [-0.4, -0.2) is 15.3 Å². The van der Waals surface area contributed by atoms with Gasteiger partial charge in [0.2, 0.25) is 0 Å². The van der Waals surface area contributed by atoms with Crippen molar-refractivity contribution in [2.45, 2.75) is 37.9 Å². The largest absolute Gasteiger partial charge is 0.283 e. The number of nitrogens with zero attached hydrogens (tertiary/aromatic N) is 2. The Morgan fingerprint density at radius 1 is 1.38 bits per heavy atom. The molecule has 0 amide bonds. The molecule has 0 bridgehead atoms. The van der Waals surface area contributed by atoms with E-state index in [1.165, 1.54) is 16.9 Å². The van der Waals surface area contributed by atoms with Crippen molar-refractivity contribution in [3.63, 3.8) is 0 Å². The van der Waals surface area contributed by atoms with Crippen molar-refractivity contribution in [2.24, 2.45) is 5.92 Å². The van der Waals surface area contributed by atoms with Crippen LogP contribution in [-0.2, 0) is 19.4 Å². The lowest BCUT2D eigenvalue weighted by Gasteiger charge is -2.18. The van der Waals surface area contributed by atoms with E-state index in [0.717, 1.165) is 39.5 Å². The van der Waals surface area contributed by atoms with Gasteiger partial charge in [-0.3, -0.25) is 9.36 Å². The monoisotopic (exact) mass is 382 g/mol. The summed E-state index contributed by atoms with van der Waals surface area (Å²) in [6, 6.07) is 10.1. The molecule has 1 unspecified atom stereocenters. The van der Waals surface area contributed by atoms with Crippen molar-refractivity contribution < 1.29 is 0 Å². The number of benzene rings is 1. The summed E-state index contributed by atoms with van der Waals surface area (Å²) >= 11 is 3.30. The lowest BCUT2D eigenvalue weighted by molar-refractivity contribution is 0.508. The molecule has 1 atom stereocenters. The van der Waals surface area contributed by atoms with Gasteiger partial charge in [0.25, 0.3) is 5.56 Å². The van der Waals surface area contributed by atoms with E-state index in [9.17, 15) is 4.79 Å². The second-order valence-electron chi connectivity index (χ2n) is 6.90. The van der Waals surface area contributed by atoms with Crippen molar-refractivity contribution in [1.29, 1.82) is 0 Å². The molecule has 26 heavy (non-hydrogen) atoms. The maximum absolute atomic E-state index is 13.4. The normalized spacial score (nSPS) is 16.6. The molecule has 0 saturated carbocycles. The van der Waals surface area contributed by atoms with Crippen molar-refractivity contribution >= 4 is 33.3 Å². The van der Waals surface area contributed by atoms with E-state index in [1.54, 1.807) is 23.1 Å². The van der Waals surface area contributed by atoms with Crippen LogP contribution >= 0.6 is 23.1 Å². The summed E-state index contributed by atoms with van der Waals surface area (Å²) in [5.74, 6) is 1.38. The van der Waals surface area contributed by atoms with Gasteiger partial charge < -0.3 is 0 Å². The highest BCUT2D eigenvalue weighted by Gasteiger charge is 2.24. The number of aryl methyl sites for hydroxylation is 1. The Kier molecular flexibility index (Phi) is 5.00. The smallest absolute Gasteiger partial charge is 0.263 e. The van der Waals surface area contributed by atoms with Crippen LogP contribution in [0.5, 0.6) is 0 Å². The molecule has 3 nitrogen and oxygen atoms in total. The molecule has 4 rings (SSSR count). The molecule has 0 fully saturated rings. The maximum Gasteiger partial charge on any atom is 0.263 e. The second-order valence-corrected chi connectivity index (χ2v) is 8.97. The van der Waals surface area contributed by atoms with Crippen LogP contribution in [0.2, 0.25) is 0 Å². The molecular formula is C21H22N2OS2. The number of fused-ring (bicyclic) bond motifs is 3. The minimum absolute atomic E-state index is 0.108. The third kappa shape index (κ3) is 3.26. The van der Waals surface area contributed by atoms with Crippen LogP contribution in [0.15, 0.2) is 52.9 Å². The van der Waals surface area contributed by atoms with Crippen LogP contribution < -0.4 is 5.56 Å². The van der Waals surface area contributed by atoms with E-state index in [-0.39, 0.29) is 5.56 Å². The Morgan fingerprint density at radius 2 is 2.19 bits per heavy atom. The molecular weight excluding hydrogens is 360 g/mol. The van der Waals surface area contributed by atoms with Crippen molar-refractivity contribution in [3.8, 4) is 0 Å². The molecule has 0 radical (unpaired) electrons. The van der Waals surface area contributed by atoms with Crippen molar-refractivity contribution in [2.75, 3.05) is 5.75 Å². The number of rotatable bonds is 5. The maximum atomic E-state index is 13.4. The highest BCUT2D eigenvalue weighted by atomic mass is 32.2. The SMILES string of the molecule is C=CCSc1nc2sc3c(c2c(=O)n1Cc1ccccc1)CC(C)CC3. The summed E-state index contributed by atoms with van der Waals surface area (Å²) in [4.78, 5) is 20.6. The van der Waals surface area contributed by atoms with Gasteiger partial charge in [-0.2, -0.15) is 0 Å². The number of thiophene rings is 1. The standard InChI is InChI=1S/C21H22N2OS2/c1-3-11-25-21-22-19-18(16-12-14(2)9-10-17(16)26-19)20(24)23(21)13-15-7-5-4-6-8-15/h3-8,14H,1,9-13H2,2H3. The van der Waals surface area contributed by atoms with E-state index < -0.39 is 0 Å². The van der Waals surface area contributed by atoms with E-state index in [1.807, 2.05) is 28.8 Å². The van der Waals surface area contributed by atoms with Gasteiger partial charge in [-0.1, -0.05) is 55.1 Å². The van der Waals surface area contributed by atoms with E-state index in [2.05, 4.69) is 25.6 Å². The molecule has 1 aliphatic rings. The molecule has 134 valence electrons. The van der Waals surface area contributed by atoms with Crippen LogP contribution in [0.1, 0.15) is 29.3 Å². The van der Waals surface area contributed by atoms with Crippen molar-refractivity contribution in [3.05, 3.63) is 69.3 Å². The lowest BCUT2D eigenvalue weighted by Crippen LogP contribution is -2.24. The predicted octanol–water partition coefficient (Wildman–Crippen LogP) is 4.91. The van der Waals surface area contributed by atoms with Gasteiger partial charge in [0.15, 0.2) is 5.16 Å². The second kappa shape index (κ2) is 7.41. The quantitative estimate of drug-likeness (QED) is 0.357. The van der Waals surface area contributed by atoms with Gasteiger partial charge in [0.05, 0.1) is 11.9 Å². The van der Waals surface area contributed by atoms with Gasteiger partial charge in [-0.05, 0) is 36.3 Å². The number of hydrogen-bond acceptors (Lipinski definition) is 4. The highest BCUT2D eigenvalue weighted by Crippen LogP contribution is 2.36. The fraction of sp³-hybridized carbons (Fsp3) is 0.333. The van der Waals surface area contributed by atoms with Crippen molar-refractivity contribution in [1.82, 2.24) is 9.55 Å². The van der Waals surface area contributed by atoms with E-state index in [4.69, 9.17) is 4.98 Å². The third-order valence-corrected chi connectivity index (χ3v) is 7.05. The lowest BCUT2D eigenvalue weighted by atomic mass is 9.89.